The van der Waals surface area contributed by atoms with E-state index in [4.69, 9.17) is 5.73 Å². The van der Waals surface area contributed by atoms with E-state index in [1.807, 2.05) is 11.0 Å². The van der Waals surface area contributed by atoms with Crippen LogP contribution in [0.3, 0.4) is 0 Å². The molecular weight excluding hydrogens is 268 g/mol. The van der Waals surface area contributed by atoms with Gasteiger partial charge in [-0.05, 0) is 24.6 Å². The van der Waals surface area contributed by atoms with E-state index in [1.165, 1.54) is 0 Å². The lowest BCUT2D eigenvalue weighted by Gasteiger charge is -2.16. The Kier molecular flexibility index (Phi) is 3.53. The normalized spacial score (nSPS) is 18.0. The van der Waals surface area contributed by atoms with Crippen molar-refractivity contribution < 1.29 is 9.90 Å². The van der Waals surface area contributed by atoms with E-state index in [-0.39, 0.29) is 6.10 Å². The molecule has 2 aromatic rings. The molecule has 1 aromatic carbocycles. The number of amides is 1. The van der Waals surface area contributed by atoms with Crippen molar-refractivity contribution in [3.63, 3.8) is 0 Å². The number of hydrogen-bond donors (Lipinski definition) is 2. The summed E-state index contributed by atoms with van der Waals surface area (Å²) in [6.07, 6.45) is 2.16. The molecule has 0 aliphatic carbocycles. The van der Waals surface area contributed by atoms with Crippen molar-refractivity contribution in [2.45, 2.75) is 12.5 Å². The molecule has 0 radical (unpaired) electrons. The van der Waals surface area contributed by atoms with E-state index in [0.717, 1.165) is 24.3 Å². The van der Waals surface area contributed by atoms with Gasteiger partial charge in [-0.25, -0.2) is 9.97 Å². The highest BCUT2D eigenvalue weighted by molar-refractivity contribution is 5.93. The van der Waals surface area contributed by atoms with E-state index in [0.29, 0.717) is 17.9 Å². The van der Waals surface area contributed by atoms with Gasteiger partial charge in [-0.15, -0.1) is 0 Å². The number of aliphatic hydroxyl groups is 1. The molecule has 1 aliphatic rings. The lowest BCUT2D eigenvalue weighted by Crippen LogP contribution is -2.22. The Hall–Kier alpha value is -2.47. The quantitative estimate of drug-likeness (QED) is 0.870. The van der Waals surface area contributed by atoms with Gasteiger partial charge >= 0.3 is 0 Å². The third-order valence-corrected chi connectivity index (χ3v) is 3.56. The molecule has 1 fully saturated rings. The summed E-state index contributed by atoms with van der Waals surface area (Å²) in [6, 6.07) is 8.70. The van der Waals surface area contributed by atoms with Crippen LogP contribution in [0.1, 0.15) is 16.8 Å². The standard InChI is InChI=1S/C15H16N4O2/c16-14(21)10-1-3-11(4-2-10)15-17-7-5-13(18-15)19-8-6-12(20)9-19/h1-5,7,12,20H,6,8-9H2,(H2,16,21)/t12-/m0/s1. The fraction of sp³-hybridized carbons (Fsp3) is 0.267. The third-order valence-electron chi connectivity index (χ3n) is 3.56. The van der Waals surface area contributed by atoms with Crippen LogP contribution in [0.15, 0.2) is 36.5 Å². The lowest BCUT2D eigenvalue weighted by atomic mass is 10.1. The second kappa shape index (κ2) is 5.49. The Morgan fingerprint density at radius 3 is 2.67 bits per heavy atom. The first-order valence-electron chi connectivity index (χ1n) is 6.80. The minimum absolute atomic E-state index is 0.293. The summed E-state index contributed by atoms with van der Waals surface area (Å²) in [5.74, 6) is 0.933. The van der Waals surface area contributed by atoms with Gasteiger partial charge in [0.05, 0.1) is 6.10 Å². The van der Waals surface area contributed by atoms with Gasteiger partial charge in [-0.1, -0.05) is 12.1 Å². The van der Waals surface area contributed by atoms with E-state index < -0.39 is 5.91 Å². The number of carbonyl (C=O) groups excluding carboxylic acids is 1. The Bertz CT molecular complexity index is 657. The summed E-state index contributed by atoms with van der Waals surface area (Å²) in [5.41, 5.74) is 6.50. The number of hydrogen-bond acceptors (Lipinski definition) is 5. The summed E-state index contributed by atoms with van der Waals surface area (Å²) >= 11 is 0. The first-order chi connectivity index (χ1) is 10.1. The molecule has 1 atom stereocenters. The number of benzene rings is 1. The summed E-state index contributed by atoms with van der Waals surface area (Å²) in [6.45, 7) is 1.38. The number of rotatable bonds is 3. The van der Waals surface area contributed by atoms with Gasteiger partial charge in [-0.3, -0.25) is 4.79 Å². The molecule has 1 aromatic heterocycles. The maximum atomic E-state index is 11.1. The molecule has 1 aliphatic heterocycles. The van der Waals surface area contributed by atoms with Crippen molar-refractivity contribution in [2.24, 2.45) is 5.73 Å². The maximum Gasteiger partial charge on any atom is 0.248 e. The molecule has 0 saturated carbocycles. The van der Waals surface area contributed by atoms with Crippen LogP contribution >= 0.6 is 0 Å². The highest BCUT2D eigenvalue weighted by Gasteiger charge is 2.21. The van der Waals surface area contributed by atoms with Crippen molar-refractivity contribution in [1.29, 1.82) is 0 Å². The van der Waals surface area contributed by atoms with Crippen LogP contribution in [0.2, 0.25) is 0 Å². The van der Waals surface area contributed by atoms with Gasteiger partial charge in [0.1, 0.15) is 5.82 Å². The van der Waals surface area contributed by atoms with E-state index >= 15 is 0 Å². The Morgan fingerprint density at radius 1 is 1.29 bits per heavy atom. The monoisotopic (exact) mass is 284 g/mol. The number of aliphatic hydroxyl groups excluding tert-OH is 1. The topological polar surface area (TPSA) is 92.3 Å². The number of carbonyl (C=O) groups is 1. The summed E-state index contributed by atoms with van der Waals surface area (Å²) < 4.78 is 0. The largest absolute Gasteiger partial charge is 0.391 e. The summed E-state index contributed by atoms with van der Waals surface area (Å²) in [7, 11) is 0. The Morgan fingerprint density at radius 2 is 2.05 bits per heavy atom. The number of β-amino-alcohol motifs (C(OH)–C–C–N with tert-alkyl or cyclic N) is 1. The minimum atomic E-state index is -0.456. The SMILES string of the molecule is NC(=O)c1ccc(-c2nccc(N3CC[C@H](O)C3)n2)cc1. The molecule has 21 heavy (non-hydrogen) atoms. The summed E-state index contributed by atoms with van der Waals surface area (Å²) in [4.78, 5) is 21.9. The van der Waals surface area contributed by atoms with Gasteiger partial charge in [0, 0.05) is 30.4 Å². The molecule has 1 saturated heterocycles. The summed E-state index contributed by atoms with van der Waals surface area (Å²) in [5, 5.41) is 9.60. The van der Waals surface area contributed by atoms with Crippen molar-refractivity contribution in [1.82, 2.24) is 9.97 Å². The van der Waals surface area contributed by atoms with Crippen LogP contribution in [0.25, 0.3) is 11.4 Å². The zero-order valence-corrected chi connectivity index (χ0v) is 11.4. The first kappa shape index (κ1) is 13.5. The van der Waals surface area contributed by atoms with Crippen molar-refractivity contribution >= 4 is 11.7 Å². The number of aromatic nitrogens is 2. The van der Waals surface area contributed by atoms with Crippen LogP contribution in [0.4, 0.5) is 5.82 Å². The second-order valence-electron chi connectivity index (χ2n) is 5.07. The molecule has 108 valence electrons. The molecule has 6 nitrogen and oxygen atoms in total. The molecule has 0 spiro atoms. The van der Waals surface area contributed by atoms with Crippen LogP contribution in [0, 0.1) is 0 Å². The van der Waals surface area contributed by atoms with Crippen LogP contribution in [-0.4, -0.2) is 40.2 Å². The molecular formula is C15H16N4O2. The minimum Gasteiger partial charge on any atom is -0.391 e. The van der Waals surface area contributed by atoms with E-state index in [1.54, 1.807) is 30.5 Å². The number of anilines is 1. The maximum absolute atomic E-state index is 11.1. The number of primary amides is 1. The van der Waals surface area contributed by atoms with E-state index in [9.17, 15) is 9.90 Å². The molecule has 3 N–H and O–H groups in total. The van der Waals surface area contributed by atoms with Crippen molar-refractivity contribution in [3.05, 3.63) is 42.1 Å². The Labute approximate surface area is 122 Å². The number of nitrogens with two attached hydrogens (primary N) is 1. The predicted molar refractivity (Wildman–Crippen MR) is 78.8 cm³/mol. The molecule has 2 heterocycles. The van der Waals surface area contributed by atoms with Gasteiger partial charge in [0.2, 0.25) is 5.91 Å². The molecule has 1 amide bonds. The molecule has 3 rings (SSSR count). The molecule has 0 bridgehead atoms. The molecule has 0 unspecified atom stereocenters. The molecule has 6 heteroatoms. The lowest BCUT2D eigenvalue weighted by molar-refractivity contribution is 0.100. The van der Waals surface area contributed by atoms with Crippen LogP contribution in [-0.2, 0) is 0 Å². The van der Waals surface area contributed by atoms with Crippen molar-refractivity contribution in [2.75, 3.05) is 18.0 Å². The fourth-order valence-electron chi connectivity index (χ4n) is 2.40. The van der Waals surface area contributed by atoms with Crippen molar-refractivity contribution in [3.8, 4) is 11.4 Å². The third kappa shape index (κ3) is 2.85. The Balaban J connectivity index is 1.87. The van der Waals surface area contributed by atoms with Gasteiger partial charge in [0.25, 0.3) is 0 Å². The fourth-order valence-corrected chi connectivity index (χ4v) is 2.40. The highest BCUT2D eigenvalue weighted by atomic mass is 16.3. The highest BCUT2D eigenvalue weighted by Crippen LogP contribution is 2.21. The van der Waals surface area contributed by atoms with Gasteiger partial charge in [-0.2, -0.15) is 0 Å². The zero-order chi connectivity index (χ0) is 14.8. The van der Waals surface area contributed by atoms with Crippen LogP contribution < -0.4 is 10.6 Å². The average molecular weight is 284 g/mol. The number of nitrogens with zero attached hydrogens (tertiary/aromatic N) is 3. The van der Waals surface area contributed by atoms with Gasteiger partial charge < -0.3 is 15.7 Å². The predicted octanol–water partition coefficient (Wildman–Crippen LogP) is 0.813. The smallest absolute Gasteiger partial charge is 0.248 e. The second-order valence-corrected chi connectivity index (χ2v) is 5.07. The first-order valence-corrected chi connectivity index (χ1v) is 6.80. The van der Waals surface area contributed by atoms with Crippen LogP contribution in [0.5, 0.6) is 0 Å². The average Bonchev–Trinajstić information content (AvgIpc) is 2.94. The van der Waals surface area contributed by atoms with Gasteiger partial charge in [0.15, 0.2) is 5.82 Å². The zero-order valence-electron chi connectivity index (χ0n) is 11.4. The van der Waals surface area contributed by atoms with E-state index in [2.05, 4.69) is 9.97 Å².